The van der Waals surface area contributed by atoms with Crippen LogP contribution >= 0.6 is 0 Å². The molecule has 1 heteroatoms. The molecule has 0 aromatic carbocycles. The van der Waals surface area contributed by atoms with Crippen molar-refractivity contribution in [3.8, 4) is 0 Å². The molecule has 0 saturated heterocycles. The first-order valence-corrected chi connectivity index (χ1v) is 7.12. The van der Waals surface area contributed by atoms with Crippen LogP contribution in [0.25, 0.3) is 0 Å². The fraction of sp³-hybridized carbons (Fsp3) is 0.706. The van der Waals surface area contributed by atoms with Crippen molar-refractivity contribution in [1.29, 1.82) is 0 Å². The first-order valence-electron chi connectivity index (χ1n) is 7.12. The van der Waals surface area contributed by atoms with E-state index in [1.54, 1.807) is 11.1 Å². The maximum atomic E-state index is 8.00. The molecule has 0 aromatic rings. The van der Waals surface area contributed by atoms with Crippen molar-refractivity contribution < 1.29 is 4.79 Å². The van der Waals surface area contributed by atoms with E-state index in [1.807, 2.05) is 6.79 Å². The Morgan fingerprint density at radius 2 is 1.94 bits per heavy atom. The van der Waals surface area contributed by atoms with Crippen molar-refractivity contribution in [2.75, 3.05) is 0 Å². The van der Waals surface area contributed by atoms with Crippen molar-refractivity contribution in [2.24, 2.45) is 17.3 Å². The normalized spacial score (nSPS) is 30.0. The summed E-state index contributed by atoms with van der Waals surface area (Å²) in [6, 6.07) is 0. The Hall–Kier alpha value is -0.850. The van der Waals surface area contributed by atoms with Crippen LogP contribution in [0, 0.1) is 17.3 Å². The van der Waals surface area contributed by atoms with Crippen LogP contribution in [0.5, 0.6) is 0 Å². The number of carbonyl (C=O) groups is 1. The van der Waals surface area contributed by atoms with Gasteiger partial charge in [0.1, 0.15) is 6.79 Å². The minimum Gasteiger partial charge on any atom is -0.307 e. The summed E-state index contributed by atoms with van der Waals surface area (Å²) in [5, 5.41) is 0. The molecule has 2 atom stereocenters. The molecule has 0 saturated carbocycles. The highest BCUT2D eigenvalue weighted by molar-refractivity contribution is 5.18. The smallest absolute Gasteiger partial charge is 0.106 e. The molecule has 0 spiro atoms. The Bertz CT molecular complexity index is 336. The predicted octanol–water partition coefficient (Wildman–Crippen LogP) is 4.93. The van der Waals surface area contributed by atoms with E-state index < -0.39 is 0 Å². The van der Waals surface area contributed by atoms with Crippen molar-refractivity contribution >= 4 is 6.79 Å². The van der Waals surface area contributed by atoms with Crippen LogP contribution in [0.3, 0.4) is 0 Å². The summed E-state index contributed by atoms with van der Waals surface area (Å²) in [5.41, 5.74) is 3.69. The monoisotopic (exact) mass is 248 g/mol. The van der Waals surface area contributed by atoms with E-state index in [0.29, 0.717) is 5.41 Å². The Morgan fingerprint density at radius 1 is 1.28 bits per heavy atom. The van der Waals surface area contributed by atoms with Gasteiger partial charge in [-0.2, -0.15) is 0 Å². The Kier molecular flexibility index (Phi) is 5.37. The summed E-state index contributed by atoms with van der Waals surface area (Å²) >= 11 is 0. The zero-order chi connectivity index (χ0) is 13.8. The highest BCUT2D eigenvalue weighted by Crippen LogP contribution is 2.47. The van der Waals surface area contributed by atoms with Gasteiger partial charge in [0.15, 0.2) is 0 Å². The maximum absolute atomic E-state index is 8.00. The topological polar surface area (TPSA) is 17.1 Å². The largest absolute Gasteiger partial charge is 0.307 e. The van der Waals surface area contributed by atoms with Crippen LogP contribution in [-0.4, -0.2) is 6.79 Å². The average molecular weight is 248 g/mol. The Balaban J connectivity index is 0.000000771. The summed E-state index contributed by atoms with van der Waals surface area (Å²) in [6.07, 6.45) is 11.7. The molecule has 0 amide bonds. The average Bonchev–Trinajstić information content (AvgIpc) is 2.59. The van der Waals surface area contributed by atoms with Gasteiger partial charge in [0, 0.05) is 0 Å². The highest BCUT2D eigenvalue weighted by Gasteiger charge is 2.36. The number of hydrogen-bond donors (Lipinski definition) is 0. The van der Waals surface area contributed by atoms with E-state index in [0.717, 1.165) is 11.8 Å². The first kappa shape index (κ1) is 15.2. The molecule has 0 bridgehead atoms. The van der Waals surface area contributed by atoms with Gasteiger partial charge in [0.25, 0.3) is 0 Å². The second-order valence-corrected chi connectivity index (χ2v) is 6.48. The molecule has 2 aliphatic carbocycles. The van der Waals surface area contributed by atoms with Gasteiger partial charge in [-0.15, -0.1) is 0 Å². The van der Waals surface area contributed by atoms with Crippen LogP contribution < -0.4 is 0 Å². The third kappa shape index (κ3) is 3.34. The number of carbonyl (C=O) groups excluding carboxylic acids is 1. The van der Waals surface area contributed by atoms with Gasteiger partial charge in [-0.25, -0.2) is 0 Å². The van der Waals surface area contributed by atoms with Crippen LogP contribution in [0.1, 0.15) is 59.8 Å². The molecule has 0 N–H and O–H groups in total. The Labute approximate surface area is 112 Å². The minimum atomic E-state index is 0.453. The fourth-order valence-corrected chi connectivity index (χ4v) is 3.40. The summed E-state index contributed by atoms with van der Waals surface area (Å²) in [5.74, 6) is 1.84. The molecule has 18 heavy (non-hydrogen) atoms. The molecule has 102 valence electrons. The van der Waals surface area contributed by atoms with Crippen LogP contribution in [0.4, 0.5) is 0 Å². The molecule has 1 nitrogen and oxygen atoms in total. The van der Waals surface area contributed by atoms with Crippen molar-refractivity contribution in [3.05, 3.63) is 23.3 Å². The second kappa shape index (κ2) is 6.36. The van der Waals surface area contributed by atoms with Crippen LogP contribution in [0.15, 0.2) is 23.3 Å². The van der Waals surface area contributed by atoms with Crippen molar-refractivity contribution in [1.82, 2.24) is 0 Å². The molecule has 0 aliphatic heterocycles. The molecule has 0 heterocycles. The molecule has 0 aromatic heterocycles. The number of hydrogen-bond acceptors (Lipinski definition) is 1. The van der Waals surface area contributed by atoms with E-state index in [1.165, 1.54) is 32.1 Å². The molecule has 0 radical (unpaired) electrons. The van der Waals surface area contributed by atoms with E-state index in [9.17, 15) is 0 Å². The van der Waals surface area contributed by atoms with Crippen molar-refractivity contribution in [2.45, 2.75) is 59.8 Å². The summed E-state index contributed by atoms with van der Waals surface area (Å²) in [4.78, 5) is 8.00. The zero-order valence-corrected chi connectivity index (χ0v) is 12.5. The summed E-state index contributed by atoms with van der Waals surface area (Å²) in [6.45, 7) is 11.5. The maximum Gasteiger partial charge on any atom is 0.106 e. The van der Waals surface area contributed by atoms with E-state index in [2.05, 4.69) is 39.8 Å². The highest BCUT2D eigenvalue weighted by atomic mass is 16.1. The molecular formula is C17H28O. The lowest BCUT2D eigenvalue weighted by molar-refractivity contribution is -0.0979. The quantitative estimate of drug-likeness (QED) is 0.633. The third-order valence-corrected chi connectivity index (χ3v) is 5.04. The van der Waals surface area contributed by atoms with Gasteiger partial charge >= 0.3 is 0 Å². The molecule has 2 rings (SSSR count). The van der Waals surface area contributed by atoms with E-state index in [-0.39, 0.29) is 0 Å². The van der Waals surface area contributed by atoms with Gasteiger partial charge in [-0.3, -0.25) is 0 Å². The van der Waals surface area contributed by atoms with Crippen LogP contribution in [0.2, 0.25) is 0 Å². The SMILES string of the molecule is C=O.CC1=CCCC(CC2CC=C(C)C2(C)C)C1. The standard InChI is InChI=1S/C16H26.CH2O/c1-12-6-5-7-14(10-12)11-15-9-8-13(2)16(15,3)4;1-2/h6,8,14-15H,5,7,9-11H2,1-4H3;1H2. The summed E-state index contributed by atoms with van der Waals surface area (Å²) in [7, 11) is 0. The van der Waals surface area contributed by atoms with Crippen molar-refractivity contribution in [3.63, 3.8) is 0 Å². The summed E-state index contributed by atoms with van der Waals surface area (Å²) < 4.78 is 0. The van der Waals surface area contributed by atoms with Gasteiger partial charge in [0.2, 0.25) is 0 Å². The van der Waals surface area contributed by atoms with E-state index in [4.69, 9.17) is 4.79 Å². The zero-order valence-electron chi connectivity index (χ0n) is 12.5. The Morgan fingerprint density at radius 3 is 2.44 bits per heavy atom. The van der Waals surface area contributed by atoms with E-state index >= 15 is 0 Å². The third-order valence-electron chi connectivity index (χ3n) is 5.04. The molecule has 2 unspecified atom stereocenters. The fourth-order valence-electron chi connectivity index (χ4n) is 3.40. The number of rotatable bonds is 2. The molecule has 0 fully saturated rings. The van der Waals surface area contributed by atoms with Gasteiger partial charge < -0.3 is 4.79 Å². The lowest BCUT2D eigenvalue weighted by atomic mass is 9.71. The second-order valence-electron chi connectivity index (χ2n) is 6.48. The molecule has 2 aliphatic rings. The lowest BCUT2D eigenvalue weighted by Gasteiger charge is -2.33. The minimum absolute atomic E-state index is 0.453. The first-order chi connectivity index (χ1) is 8.50. The van der Waals surface area contributed by atoms with Gasteiger partial charge in [-0.05, 0) is 63.2 Å². The number of allylic oxidation sites excluding steroid dienone is 4. The molecular weight excluding hydrogens is 220 g/mol. The van der Waals surface area contributed by atoms with Crippen LogP contribution in [-0.2, 0) is 4.79 Å². The lowest BCUT2D eigenvalue weighted by Crippen LogP contribution is -2.23. The van der Waals surface area contributed by atoms with Gasteiger partial charge in [-0.1, -0.05) is 37.1 Å². The van der Waals surface area contributed by atoms with Gasteiger partial charge in [0.05, 0.1) is 0 Å². The predicted molar refractivity (Wildman–Crippen MR) is 78.5 cm³/mol.